The highest BCUT2D eigenvalue weighted by Gasteiger charge is 2.28. The van der Waals surface area contributed by atoms with Gasteiger partial charge in [-0.2, -0.15) is 0 Å². The second-order valence-corrected chi connectivity index (χ2v) is 5.89. The van der Waals surface area contributed by atoms with E-state index in [2.05, 4.69) is 4.99 Å². The van der Waals surface area contributed by atoms with Crippen LogP contribution in [0.15, 0.2) is 28.1 Å². The molecule has 0 amide bonds. The molecule has 0 radical (unpaired) electrons. The Bertz CT molecular complexity index is 610. The molecule has 0 spiro atoms. The van der Waals surface area contributed by atoms with Crippen LogP contribution in [0.2, 0.25) is 0 Å². The summed E-state index contributed by atoms with van der Waals surface area (Å²) >= 11 is 0. The van der Waals surface area contributed by atoms with E-state index in [1.165, 1.54) is 30.7 Å². The van der Waals surface area contributed by atoms with Crippen LogP contribution in [-0.2, 0) is 10.0 Å². The Kier molecular flexibility index (Phi) is 3.66. The Morgan fingerprint density at radius 1 is 1.21 bits per heavy atom. The molecule has 2 rings (SSSR count). The lowest BCUT2D eigenvalue weighted by molar-refractivity contribution is 0.353. The lowest BCUT2D eigenvalue weighted by Crippen LogP contribution is -2.32. The highest BCUT2D eigenvalue weighted by molar-refractivity contribution is 7.89. The van der Waals surface area contributed by atoms with Crippen molar-refractivity contribution in [2.45, 2.75) is 11.8 Å². The van der Waals surface area contributed by atoms with Gasteiger partial charge < -0.3 is 9.47 Å². The average Bonchev–Trinajstić information content (AvgIpc) is 2.84. The zero-order valence-electron chi connectivity index (χ0n) is 11.1. The minimum atomic E-state index is -3.58. The fourth-order valence-corrected chi connectivity index (χ4v) is 3.42. The lowest BCUT2D eigenvalue weighted by Gasteiger charge is -2.19. The predicted octanol–water partition coefficient (Wildman–Crippen LogP) is 1.13. The van der Waals surface area contributed by atoms with Crippen LogP contribution < -0.4 is 9.47 Å². The fourth-order valence-electron chi connectivity index (χ4n) is 1.94. The fraction of sp³-hybridized carbons (Fsp3) is 0.417. The van der Waals surface area contributed by atoms with Crippen molar-refractivity contribution >= 4 is 15.9 Å². The van der Waals surface area contributed by atoms with Gasteiger partial charge in [0.25, 0.3) is 10.0 Å². The molecule has 7 heteroatoms. The van der Waals surface area contributed by atoms with Crippen molar-refractivity contribution in [2.75, 3.05) is 27.3 Å². The third-order valence-corrected chi connectivity index (χ3v) is 4.82. The first-order valence-electron chi connectivity index (χ1n) is 5.76. The molecule has 0 aromatic heterocycles. The Balaban J connectivity index is 2.44. The van der Waals surface area contributed by atoms with E-state index in [1.54, 1.807) is 13.0 Å². The molecule has 1 aromatic carbocycles. The number of nitrogens with zero attached hydrogens (tertiary/aromatic N) is 2. The maximum absolute atomic E-state index is 12.5. The van der Waals surface area contributed by atoms with Gasteiger partial charge in [0.15, 0.2) is 11.5 Å². The number of amidine groups is 1. The van der Waals surface area contributed by atoms with E-state index in [4.69, 9.17) is 9.47 Å². The number of aliphatic imine (C=N–C) groups is 1. The van der Waals surface area contributed by atoms with Gasteiger partial charge >= 0.3 is 0 Å². The molecule has 104 valence electrons. The highest BCUT2D eigenvalue weighted by Crippen LogP contribution is 2.31. The second-order valence-electron chi connectivity index (χ2n) is 4.02. The maximum Gasteiger partial charge on any atom is 0.265 e. The van der Waals surface area contributed by atoms with Gasteiger partial charge in [0.2, 0.25) is 0 Å². The normalized spacial score (nSPS) is 15.3. The first-order valence-corrected chi connectivity index (χ1v) is 7.20. The van der Waals surface area contributed by atoms with Gasteiger partial charge in [0, 0.05) is 6.07 Å². The van der Waals surface area contributed by atoms with E-state index in [0.29, 0.717) is 30.4 Å². The molecule has 0 unspecified atom stereocenters. The van der Waals surface area contributed by atoms with Gasteiger partial charge in [0.05, 0.1) is 32.2 Å². The summed E-state index contributed by atoms with van der Waals surface area (Å²) in [6, 6.07) is 4.54. The summed E-state index contributed by atoms with van der Waals surface area (Å²) in [7, 11) is -0.606. The van der Waals surface area contributed by atoms with Crippen molar-refractivity contribution in [2.24, 2.45) is 4.99 Å². The third kappa shape index (κ3) is 2.37. The Hall–Kier alpha value is -1.76. The molecule has 0 aliphatic carbocycles. The van der Waals surface area contributed by atoms with E-state index in [1.807, 2.05) is 0 Å². The number of methoxy groups -OCH3 is 2. The van der Waals surface area contributed by atoms with Crippen molar-refractivity contribution < 1.29 is 17.9 Å². The van der Waals surface area contributed by atoms with Crippen LogP contribution in [0.5, 0.6) is 11.5 Å². The standard InChI is InChI=1S/C12H16N2O4S/c1-9-13-6-7-14(9)19(15,16)10-4-5-11(17-2)12(8-10)18-3/h4-5,8H,6-7H2,1-3H3. The van der Waals surface area contributed by atoms with Crippen molar-refractivity contribution in [3.05, 3.63) is 18.2 Å². The Morgan fingerprint density at radius 3 is 2.42 bits per heavy atom. The van der Waals surface area contributed by atoms with Gasteiger partial charge in [0.1, 0.15) is 5.84 Å². The second kappa shape index (κ2) is 5.08. The molecule has 0 N–H and O–H groups in total. The number of hydrogen-bond donors (Lipinski definition) is 0. The minimum Gasteiger partial charge on any atom is -0.493 e. The van der Waals surface area contributed by atoms with Gasteiger partial charge in [-0.1, -0.05) is 0 Å². The molecule has 0 saturated heterocycles. The summed E-state index contributed by atoms with van der Waals surface area (Å²) in [5, 5.41) is 0. The third-order valence-electron chi connectivity index (χ3n) is 2.95. The van der Waals surface area contributed by atoms with Crippen LogP contribution in [-0.4, -0.2) is 45.9 Å². The minimum absolute atomic E-state index is 0.168. The van der Waals surface area contributed by atoms with Crippen LogP contribution in [0.3, 0.4) is 0 Å². The highest BCUT2D eigenvalue weighted by atomic mass is 32.2. The molecule has 1 aliphatic rings. The quantitative estimate of drug-likeness (QED) is 0.831. The molecule has 0 saturated carbocycles. The lowest BCUT2D eigenvalue weighted by atomic mass is 10.3. The van der Waals surface area contributed by atoms with Gasteiger partial charge in [-0.05, 0) is 19.1 Å². The number of hydrogen-bond acceptors (Lipinski definition) is 5. The first-order chi connectivity index (χ1) is 9.00. The molecular formula is C12H16N2O4S. The Morgan fingerprint density at radius 2 is 1.89 bits per heavy atom. The van der Waals surface area contributed by atoms with E-state index >= 15 is 0 Å². The molecule has 19 heavy (non-hydrogen) atoms. The SMILES string of the molecule is COc1ccc(S(=O)(=O)N2CCN=C2C)cc1OC. The van der Waals surface area contributed by atoms with Crippen molar-refractivity contribution in [1.82, 2.24) is 4.31 Å². The smallest absolute Gasteiger partial charge is 0.265 e. The molecule has 1 aliphatic heterocycles. The van der Waals surface area contributed by atoms with Crippen LogP contribution in [0.25, 0.3) is 0 Å². The number of benzene rings is 1. The number of sulfonamides is 1. The number of rotatable bonds is 4. The zero-order chi connectivity index (χ0) is 14.0. The summed E-state index contributed by atoms with van der Waals surface area (Å²) in [6.07, 6.45) is 0. The van der Waals surface area contributed by atoms with Gasteiger partial charge in [-0.3, -0.25) is 9.30 Å². The summed E-state index contributed by atoms with van der Waals surface area (Å²) in [5.41, 5.74) is 0. The molecule has 1 aromatic rings. The number of ether oxygens (including phenoxy) is 2. The van der Waals surface area contributed by atoms with E-state index < -0.39 is 10.0 Å². The largest absolute Gasteiger partial charge is 0.493 e. The summed E-state index contributed by atoms with van der Waals surface area (Å²) in [6.45, 7) is 2.56. The van der Waals surface area contributed by atoms with Crippen molar-refractivity contribution in [3.8, 4) is 11.5 Å². The van der Waals surface area contributed by atoms with Gasteiger partial charge in [-0.25, -0.2) is 8.42 Å². The molecule has 0 bridgehead atoms. The summed E-state index contributed by atoms with van der Waals surface area (Å²) in [5.74, 6) is 1.39. The van der Waals surface area contributed by atoms with E-state index in [0.717, 1.165) is 0 Å². The van der Waals surface area contributed by atoms with E-state index in [-0.39, 0.29) is 4.90 Å². The summed E-state index contributed by atoms with van der Waals surface area (Å²) < 4.78 is 36.4. The Labute approximate surface area is 112 Å². The van der Waals surface area contributed by atoms with Crippen LogP contribution in [0.1, 0.15) is 6.92 Å². The van der Waals surface area contributed by atoms with Gasteiger partial charge in [-0.15, -0.1) is 0 Å². The predicted molar refractivity (Wildman–Crippen MR) is 71.4 cm³/mol. The maximum atomic E-state index is 12.5. The van der Waals surface area contributed by atoms with Crippen LogP contribution >= 0.6 is 0 Å². The average molecular weight is 284 g/mol. The first kappa shape index (κ1) is 13.7. The van der Waals surface area contributed by atoms with Crippen molar-refractivity contribution in [3.63, 3.8) is 0 Å². The molecule has 0 atom stereocenters. The van der Waals surface area contributed by atoms with E-state index in [9.17, 15) is 8.42 Å². The van der Waals surface area contributed by atoms with Crippen molar-refractivity contribution in [1.29, 1.82) is 0 Å². The monoisotopic (exact) mass is 284 g/mol. The van der Waals surface area contributed by atoms with Crippen LogP contribution in [0.4, 0.5) is 0 Å². The zero-order valence-corrected chi connectivity index (χ0v) is 11.9. The molecule has 6 nitrogen and oxygen atoms in total. The molecular weight excluding hydrogens is 268 g/mol. The summed E-state index contributed by atoms with van der Waals surface area (Å²) in [4.78, 5) is 4.26. The molecule has 1 heterocycles. The molecule has 0 fully saturated rings. The van der Waals surface area contributed by atoms with Crippen LogP contribution in [0, 0.1) is 0 Å². The topological polar surface area (TPSA) is 68.2 Å².